The first-order valence-corrected chi connectivity index (χ1v) is 8.06. The molecule has 4 unspecified atom stereocenters. The molecule has 0 aromatic rings. The second kappa shape index (κ2) is 11.6. The molecule has 13 heteroatoms. The van der Waals surface area contributed by atoms with E-state index >= 15 is 0 Å². The highest BCUT2D eigenvalue weighted by atomic mass is 16.4. The maximum atomic E-state index is 12.4. The van der Waals surface area contributed by atoms with Gasteiger partial charge in [0.15, 0.2) is 5.96 Å². The van der Waals surface area contributed by atoms with Crippen LogP contribution in [-0.4, -0.2) is 70.6 Å². The van der Waals surface area contributed by atoms with Gasteiger partial charge in [-0.3, -0.25) is 19.4 Å². The highest BCUT2D eigenvalue weighted by Crippen LogP contribution is 2.03. The fourth-order valence-electron chi connectivity index (χ4n) is 1.93. The van der Waals surface area contributed by atoms with E-state index in [0.29, 0.717) is 0 Å². The number of hydrogen-bond donors (Lipinski definition) is 8. The smallest absolute Gasteiger partial charge is 0.326 e. The van der Waals surface area contributed by atoms with E-state index in [2.05, 4.69) is 15.6 Å². The first-order valence-electron chi connectivity index (χ1n) is 8.06. The summed E-state index contributed by atoms with van der Waals surface area (Å²) in [4.78, 5) is 50.2. The minimum atomic E-state index is -1.56. The largest absolute Gasteiger partial charge is 0.480 e. The second-order valence-electron chi connectivity index (χ2n) is 5.85. The van der Waals surface area contributed by atoms with Crippen LogP contribution in [0.5, 0.6) is 0 Å². The van der Waals surface area contributed by atoms with Crippen LogP contribution in [0.25, 0.3) is 0 Å². The summed E-state index contributed by atoms with van der Waals surface area (Å²) in [6.07, 6.45) is -1.47. The van der Waals surface area contributed by atoms with Crippen molar-refractivity contribution in [2.45, 2.75) is 50.4 Å². The fraction of sp³-hybridized carbons (Fsp3) is 0.643. The van der Waals surface area contributed by atoms with Crippen molar-refractivity contribution in [2.75, 3.05) is 6.54 Å². The molecule has 3 amide bonds. The number of amides is 3. The van der Waals surface area contributed by atoms with E-state index in [1.165, 1.54) is 6.92 Å². The number of aliphatic carboxylic acids is 1. The number of aliphatic hydroxyl groups excluding tert-OH is 1. The number of carbonyl (C=O) groups is 4. The van der Waals surface area contributed by atoms with Crippen LogP contribution < -0.4 is 33.6 Å². The minimum absolute atomic E-state index is 0.0454. The number of primary amides is 1. The van der Waals surface area contributed by atoms with Gasteiger partial charge in [-0.05, 0) is 19.8 Å². The number of carboxylic acids is 1. The van der Waals surface area contributed by atoms with Crippen molar-refractivity contribution in [1.29, 1.82) is 0 Å². The van der Waals surface area contributed by atoms with Crippen molar-refractivity contribution < 1.29 is 29.4 Å². The summed E-state index contributed by atoms with van der Waals surface area (Å²) in [6, 6.07) is -4.04. The molecular formula is C14H27N7O6. The third-order valence-electron chi connectivity index (χ3n) is 3.42. The molecule has 0 spiro atoms. The lowest BCUT2D eigenvalue weighted by Gasteiger charge is -2.23. The number of nitrogens with zero attached hydrogens (tertiary/aromatic N) is 1. The predicted molar refractivity (Wildman–Crippen MR) is 94.9 cm³/mol. The van der Waals surface area contributed by atoms with Crippen molar-refractivity contribution in [3.63, 3.8) is 0 Å². The van der Waals surface area contributed by atoms with Crippen LogP contribution in [0.4, 0.5) is 0 Å². The molecule has 154 valence electrons. The predicted octanol–water partition coefficient (Wildman–Crippen LogP) is -4.32. The van der Waals surface area contributed by atoms with Crippen LogP contribution in [0.2, 0.25) is 0 Å². The number of carbonyl (C=O) groups excluding carboxylic acids is 3. The first kappa shape index (κ1) is 24.1. The van der Waals surface area contributed by atoms with Gasteiger partial charge >= 0.3 is 5.97 Å². The molecule has 27 heavy (non-hydrogen) atoms. The number of aliphatic imine (C=N–C) groups is 1. The van der Waals surface area contributed by atoms with E-state index in [0.717, 1.165) is 0 Å². The van der Waals surface area contributed by atoms with Crippen LogP contribution >= 0.6 is 0 Å². The Kier molecular flexibility index (Phi) is 10.4. The monoisotopic (exact) mass is 389 g/mol. The maximum absolute atomic E-state index is 12.4. The summed E-state index contributed by atoms with van der Waals surface area (Å²) >= 11 is 0. The number of aliphatic hydroxyl groups is 1. The number of carboxylic acid groups (broad SMARTS) is 1. The van der Waals surface area contributed by atoms with Crippen LogP contribution in [0, 0.1) is 0 Å². The van der Waals surface area contributed by atoms with E-state index in [1.54, 1.807) is 0 Å². The zero-order valence-corrected chi connectivity index (χ0v) is 14.9. The first-order chi connectivity index (χ1) is 12.5. The standard InChI is InChI=1S/C14H27N7O6/c1-6(22)10(16)12(25)20-7(3-2-4-19-14(17)18)11(24)21-8(13(26)27)5-9(15)23/h6-8,10,22H,2-5,16H2,1H3,(H2,15,23)(H,20,25)(H,21,24)(H,26,27)(H4,17,18,19). The fourth-order valence-corrected chi connectivity index (χ4v) is 1.93. The second-order valence-corrected chi connectivity index (χ2v) is 5.85. The molecule has 0 fully saturated rings. The third-order valence-corrected chi connectivity index (χ3v) is 3.42. The van der Waals surface area contributed by atoms with E-state index in [1.807, 2.05) is 0 Å². The number of hydrogen-bond acceptors (Lipinski definition) is 7. The Morgan fingerprint density at radius 1 is 1.04 bits per heavy atom. The minimum Gasteiger partial charge on any atom is -0.480 e. The number of guanidine groups is 1. The molecule has 0 aromatic carbocycles. The van der Waals surface area contributed by atoms with Gasteiger partial charge in [0.2, 0.25) is 17.7 Å². The Balaban J connectivity index is 5.14. The zero-order valence-electron chi connectivity index (χ0n) is 14.9. The molecule has 12 N–H and O–H groups in total. The SMILES string of the molecule is CC(O)C(N)C(=O)NC(CCCN=C(N)N)C(=O)NC(CC(N)=O)C(=O)O. The van der Waals surface area contributed by atoms with Crippen LogP contribution in [0.3, 0.4) is 0 Å². The lowest BCUT2D eigenvalue weighted by molar-refractivity contribution is -0.143. The lowest BCUT2D eigenvalue weighted by atomic mass is 10.1. The van der Waals surface area contributed by atoms with Gasteiger partial charge < -0.3 is 43.8 Å². The van der Waals surface area contributed by atoms with Crippen molar-refractivity contribution in [1.82, 2.24) is 10.6 Å². The normalized spacial score (nSPS) is 14.9. The Morgan fingerprint density at radius 3 is 2.04 bits per heavy atom. The van der Waals surface area contributed by atoms with Crippen molar-refractivity contribution in [3.05, 3.63) is 0 Å². The van der Waals surface area contributed by atoms with Gasteiger partial charge in [-0.15, -0.1) is 0 Å². The molecule has 0 aliphatic carbocycles. The van der Waals surface area contributed by atoms with Crippen molar-refractivity contribution in [2.24, 2.45) is 27.9 Å². The average Bonchev–Trinajstić information content (AvgIpc) is 2.54. The van der Waals surface area contributed by atoms with Gasteiger partial charge in [0, 0.05) is 6.54 Å². The summed E-state index contributed by atoms with van der Waals surface area (Å²) in [6.45, 7) is 1.46. The van der Waals surface area contributed by atoms with Gasteiger partial charge in [0.1, 0.15) is 18.1 Å². The molecule has 0 aliphatic rings. The topological polar surface area (TPSA) is 249 Å². The molecule has 0 saturated carbocycles. The summed E-state index contributed by atoms with van der Waals surface area (Å²) in [5.74, 6) is -4.21. The Bertz CT molecular complexity index is 576. The van der Waals surface area contributed by atoms with Gasteiger partial charge in [0.25, 0.3) is 0 Å². The molecule has 0 radical (unpaired) electrons. The summed E-state index contributed by atoms with van der Waals surface area (Å²) in [5.41, 5.74) is 20.9. The molecule has 13 nitrogen and oxygen atoms in total. The Hall–Kier alpha value is -2.93. The van der Waals surface area contributed by atoms with E-state index in [4.69, 9.17) is 28.0 Å². The molecule has 0 aliphatic heterocycles. The van der Waals surface area contributed by atoms with Crippen LogP contribution in [-0.2, 0) is 19.2 Å². The number of rotatable bonds is 12. The highest BCUT2D eigenvalue weighted by molar-refractivity contribution is 5.93. The van der Waals surface area contributed by atoms with Gasteiger partial charge in [-0.2, -0.15) is 0 Å². The number of nitrogens with two attached hydrogens (primary N) is 4. The van der Waals surface area contributed by atoms with Crippen LogP contribution in [0.1, 0.15) is 26.2 Å². The molecule has 0 bridgehead atoms. The maximum Gasteiger partial charge on any atom is 0.326 e. The van der Waals surface area contributed by atoms with Gasteiger partial charge in [-0.25, -0.2) is 4.79 Å². The lowest BCUT2D eigenvalue weighted by Crippen LogP contribution is -2.56. The molecule has 0 heterocycles. The highest BCUT2D eigenvalue weighted by Gasteiger charge is 2.29. The molecular weight excluding hydrogens is 362 g/mol. The molecule has 0 rings (SSSR count). The summed E-state index contributed by atoms with van der Waals surface area (Å²) in [5, 5.41) is 22.9. The summed E-state index contributed by atoms with van der Waals surface area (Å²) in [7, 11) is 0. The molecule has 4 atom stereocenters. The van der Waals surface area contributed by atoms with Crippen LogP contribution in [0.15, 0.2) is 4.99 Å². The van der Waals surface area contributed by atoms with E-state index < -0.39 is 54.3 Å². The third kappa shape index (κ3) is 9.96. The number of nitrogens with one attached hydrogen (secondary N) is 2. The van der Waals surface area contributed by atoms with Crippen molar-refractivity contribution in [3.8, 4) is 0 Å². The molecule has 0 aromatic heterocycles. The van der Waals surface area contributed by atoms with Gasteiger partial charge in [0.05, 0.1) is 12.5 Å². The van der Waals surface area contributed by atoms with Crippen molar-refractivity contribution >= 4 is 29.7 Å². The quantitative estimate of drug-likeness (QED) is 0.0911. The summed E-state index contributed by atoms with van der Waals surface area (Å²) < 4.78 is 0. The zero-order chi connectivity index (χ0) is 21.1. The molecule has 0 saturated heterocycles. The van der Waals surface area contributed by atoms with E-state index in [-0.39, 0.29) is 25.3 Å². The van der Waals surface area contributed by atoms with Gasteiger partial charge in [-0.1, -0.05) is 0 Å². The average molecular weight is 389 g/mol. The van der Waals surface area contributed by atoms with E-state index in [9.17, 15) is 24.3 Å². The Labute approximate surface area is 155 Å². The Morgan fingerprint density at radius 2 is 1.59 bits per heavy atom.